The zero-order chi connectivity index (χ0) is 14.7. The average molecular weight is 280 g/mol. The molecule has 21 heavy (non-hydrogen) atoms. The van der Waals surface area contributed by atoms with Crippen LogP contribution >= 0.6 is 0 Å². The maximum atomic E-state index is 5.79. The molecule has 1 heterocycles. The Bertz CT molecular complexity index is 720. The van der Waals surface area contributed by atoms with Gasteiger partial charge in [0.05, 0.1) is 18.5 Å². The summed E-state index contributed by atoms with van der Waals surface area (Å²) < 4.78 is 6.98. The van der Waals surface area contributed by atoms with E-state index in [1.54, 1.807) is 11.8 Å². The van der Waals surface area contributed by atoms with Crippen LogP contribution in [-0.4, -0.2) is 22.1 Å². The summed E-state index contributed by atoms with van der Waals surface area (Å²) in [6.07, 6.45) is 0. The maximum absolute atomic E-state index is 5.79. The summed E-state index contributed by atoms with van der Waals surface area (Å²) in [4.78, 5) is 0. The second-order valence-corrected chi connectivity index (χ2v) is 4.56. The highest BCUT2D eigenvalue weighted by atomic mass is 16.5. The van der Waals surface area contributed by atoms with Gasteiger partial charge in [-0.1, -0.05) is 35.5 Å². The topological polar surface area (TPSA) is 66.0 Å². The highest BCUT2D eigenvalue weighted by molar-refractivity contribution is 5.64. The maximum Gasteiger partial charge on any atom is 0.119 e. The lowest BCUT2D eigenvalue weighted by Gasteiger charge is -2.08. The summed E-state index contributed by atoms with van der Waals surface area (Å²) in [5.74, 6) is 0.805. The van der Waals surface area contributed by atoms with Crippen molar-refractivity contribution in [1.82, 2.24) is 15.0 Å². The number of hydrogen-bond donors (Lipinski definition) is 1. The molecule has 106 valence electrons. The van der Waals surface area contributed by atoms with Gasteiger partial charge in [-0.2, -0.15) is 0 Å². The molecule has 0 unspecified atom stereocenters. The normalized spacial score (nSPS) is 10.6. The van der Waals surface area contributed by atoms with Crippen molar-refractivity contribution in [2.75, 3.05) is 7.11 Å². The van der Waals surface area contributed by atoms with E-state index in [9.17, 15) is 0 Å². The van der Waals surface area contributed by atoms with Crippen LogP contribution in [-0.2, 0) is 6.54 Å². The third kappa shape index (κ3) is 2.51. The first-order valence-corrected chi connectivity index (χ1v) is 6.68. The molecule has 0 saturated heterocycles. The molecule has 5 heteroatoms. The first-order valence-electron chi connectivity index (χ1n) is 6.68. The van der Waals surface area contributed by atoms with Gasteiger partial charge in [0.25, 0.3) is 0 Å². The Balaban J connectivity index is 2.12. The van der Waals surface area contributed by atoms with Gasteiger partial charge in [-0.15, -0.1) is 5.10 Å². The SMILES string of the molecule is COc1ccc(-n2nnc(CN)c2-c2ccccc2)cc1. The number of nitrogens with two attached hydrogens (primary N) is 1. The van der Waals surface area contributed by atoms with E-state index in [1.165, 1.54) is 0 Å². The highest BCUT2D eigenvalue weighted by Gasteiger charge is 2.14. The highest BCUT2D eigenvalue weighted by Crippen LogP contribution is 2.25. The number of aromatic nitrogens is 3. The van der Waals surface area contributed by atoms with Gasteiger partial charge in [0.15, 0.2) is 0 Å². The molecule has 3 aromatic rings. The van der Waals surface area contributed by atoms with Crippen molar-refractivity contribution in [3.63, 3.8) is 0 Å². The summed E-state index contributed by atoms with van der Waals surface area (Å²) in [6, 6.07) is 17.7. The van der Waals surface area contributed by atoms with E-state index in [4.69, 9.17) is 10.5 Å². The molecule has 0 aliphatic heterocycles. The third-order valence-electron chi connectivity index (χ3n) is 3.30. The van der Waals surface area contributed by atoms with Crippen molar-refractivity contribution in [3.05, 3.63) is 60.3 Å². The molecule has 5 nitrogen and oxygen atoms in total. The van der Waals surface area contributed by atoms with Crippen LogP contribution in [0.4, 0.5) is 0 Å². The van der Waals surface area contributed by atoms with E-state index >= 15 is 0 Å². The van der Waals surface area contributed by atoms with Crippen LogP contribution in [0.15, 0.2) is 54.6 Å². The van der Waals surface area contributed by atoms with Gasteiger partial charge in [-0.3, -0.25) is 0 Å². The molecule has 3 rings (SSSR count). The van der Waals surface area contributed by atoms with E-state index in [2.05, 4.69) is 10.3 Å². The zero-order valence-electron chi connectivity index (χ0n) is 11.7. The van der Waals surface area contributed by atoms with Crippen LogP contribution < -0.4 is 10.5 Å². The zero-order valence-corrected chi connectivity index (χ0v) is 11.7. The van der Waals surface area contributed by atoms with E-state index in [0.717, 1.165) is 28.4 Å². The summed E-state index contributed by atoms with van der Waals surface area (Å²) >= 11 is 0. The Labute approximate surface area is 123 Å². The van der Waals surface area contributed by atoms with Crippen molar-refractivity contribution < 1.29 is 4.74 Å². The Hall–Kier alpha value is -2.66. The summed E-state index contributed by atoms with van der Waals surface area (Å²) in [6.45, 7) is 0.348. The Morgan fingerprint density at radius 3 is 2.38 bits per heavy atom. The molecule has 0 bridgehead atoms. The second kappa shape index (κ2) is 5.76. The molecule has 0 saturated carbocycles. The van der Waals surface area contributed by atoms with Crippen LogP contribution in [0.25, 0.3) is 16.9 Å². The van der Waals surface area contributed by atoms with Gasteiger partial charge in [0.1, 0.15) is 11.4 Å². The quantitative estimate of drug-likeness (QED) is 0.797. The molecule has 2 N–H and O–H groups in total. The third-order valence-corrected chi connectivity index (χ3v) is 3.30. The molecule has 1 aromatic heterocycles. The molecule has 0 fully saturated rings. The summed E-state index contributed by atoms with van der Waals surface area (Å²) in [7, 11) is 1.65. The Morgan fingerprint density at radius 2 is 1.76 bits per heavy atom. The number of nitrogens with zero attached hydrogens (tertiary/aromatic N) is 3. The number of hydrogen-bond acceptors (Lipinski definition) is 4. The van der Waals surface area contributed by atoms with Crippen molar-refractivity contribution in [3.8, 4) is 22.7 Å². The molecule has 0 aliphatic carbocycles. The Kier molecular flexibility index (Phi) is 3.66. The minimum atomic E-state index is 0.348. The van der Waals surface area contributed by atoms with Gasteiger partial charge in [0, 0.05) is 12.1 Å². The Morgan fingerprint density at radius 1 is 1.05 bits per heavy atom. The molecule has 0 radical (unpaired) electrons. The standard InChI is InChI=1S/C16H16N4O/c1-21-14-9-7-13(8-10-14)20-16(15(11-17)18-19-20)12-5-3-2-4-6-12/h2-10H,11,17H2,1H3. The van der Waals surface area contributed by atoms with E-state index < -0.39 is 0 Å². The van der Waals surface area contributed by atoms with E-state index in [1.807, 2.05) is 54.6 Å². The molecule has 0 aliphatic rings. The summed E-state index contributed by atoms with van der Waals surface area (Å²) in [5.41, 5.74) is 9.44. The van der Waals surface area contributed by atoms with Crippen molar-refractivity contribution in [1.29, 1.82) is 0 Å². The predicted molar refractivity (Wildman–Crippen MR) is 81.2 cm³/mol. The molecule has 2 aromatic carbocycles. The van der Waals surface area contributed by atoms with Crippen LogP contribution in [0.1, 0.15) is 5.69 Å². The van der Waals surface area contributed by atoms with Crippen LogP contribution in [0.2, 0.25) is 0 Å². The monoisotopic (exact) mass is 280 g/mol. The fourth-order valence-corrected chi connectivity index (χ4v) is 2.24. The number of ether oxygens (including phenoxy) is 1. The fraction of sp³-hybridized carbons (Fsp3) is 0.125. The minimum absolute atomic E-state index is 0.348. The fourth-order valence-electron chi connectivity index (χ4n) is 2.24. The summed E-state index contributed by atoms with van der Waals surface area (Å²) in [5, 5.41) is 8.42. The average Bonchev–Trinajstić information content (AvgIpc) is 2.99. The largest absolute Gasteiger partial charge is 0.497 e. The molecule has 0 spiro atoms. The van der Waals surface area contributed by atoms with Crippen LogP contribution in [0.3, 0.4) is 0 Å². The number of benzene rings is 2. The molecule has 0 amide bonds. The molecule has 0 atom stereocenters. The smallest absolute Gasteiger partial charge is 0.119 e. The predicted octanol–water partition coefficient (Wildman–Crippen LogP) is 2.40. The lowest BCUT2D eigenvalue weighted by Crippen LogP contribution is -2.02. The van der Waals surface area contributed by atoms with Gasteiger partial charge in [-0.25, -0.2) is 4.68 Å². The minimum Gasteiger partial charge on any atom is -0.497 e. The lowest BCUT2D eigenvalue weighted by molar-refractivity contribution is 0.414. The van der Waals surface area contributed by atoms with Crippen molar-refractivity contribution in [2.24, 2.45) is 5.73 Å². The van der Waals surface area contributed by atoms with Crippen LogP contribution in [0, 0.1) is 0 Å². The lowest BCUT2D eigenvalue weighted by atomic mass is 10.1. The molecular weight excluding hydrogens is 264 g/mol. The van der Waals surface area contributed by atoms with Gasteiger partial charge >= 0.3 is 0 Å². The van der Waals surface area contributed by atoms with Crippen molar-refractivity contribution >= 4 is 0 Å². The van der Waals surface area contributed by atoms with Crippen molar-refractivity contribution in [2.45, 2.75) is 6.54 Å². The van der Waals surface area contributed by atoms with E-state index in [0.29, 0.717) is 6.54 Å². The van der Waals surface area contributed by atoms with Crippen LogP contribution in [0.5, 0.6) is 5.75 Å². The second-order valence-electron chi connectivity index (χ2n) is 4.56. The van der Waals surface area contributed by atoms with Gasteiger partial charge < -0.3 is 10.5 Å². The molecular formula is C16H16N4O. The van der Waals surface area contributed by atoms with Gasteiger partial charge in [-0.05, 0) is 24.3 Å². The number of methoxy groups -OCH3 is 1. The van der Waals surface area contributed by atoms with E-state index in [-0.39, 0.29) is 0 Å². The first kappa shape index (κ1) is 13.3. The first-order chi connectivity index (χ1) is 10.3. The van der Waals surface area contributed by atoms with Gasteiger partial charge in [0.2, 0.25) is 0 Å². The number of rotatable bonds is 4.